The lowest BCUT2D eigenvalue weighted by Crippen LogP contribution is -1.51. The quantitative estimate of drug-likeness (QED) is 0.428. The first kappa shape index (κ1) is 5.03. The first-order valence-electron chi connectivity index (χ1n) is 1.42. The highest BCUT2D eigenvalue weighted by molar-refractivity contribution is 6.18. The predicted octanol–water partition coefficient (Wildman–Crippen LogP) is 1.62. The molecule has 0 rings (SSSR count). The summed E-state index contributed by atoms with van der Waals surface area (Å²) in [4.78, 5) is 0. The highest BCUT2D eigenvalue weighted by Crippen LogP contribution is 1.72. The van der Waals surface area contributed by atoms with Crippen molar-refractivity contribution < 1.29 is 0 Å². The van der Waals surface area contributed by atoms with Crippen molar-refractivity contribution in [3.63, 3.8) is 0 Å². The van der Waals surface area contributed by atoms with Crippen molar-refractivity contribution in [3.8, 4) is 0 Å². The van der Waals surface area contributed by atoms with Crippen LogP contribution in [0.2, 0.25) is 0 Å². The molecule has 0 aliphatic carbocycles. The molecule has 5 heavy (non-hydrogen) atoms. The molecule has 0 aromatic heterocycles. The van der Waals surface area contributed by atoms with E-state index in [1.54, 1.807) is 12.2 Å². The number of halogens is 1. The molecule has 0 atom stereocenters. The normalized spacial score (nSPS) is 10.0. The molecular weight excluding hydrogens is 83.5 g/mol. The van der Waals surface area contributed by atoms with Crippen LogP contribution in [0.25, 0.3) is 0 Å². The van der Waals surface area contributed by atoms with Crippen LogP contribution in [0, 0.1) is 6.92 Å². The van der Waals surface area contributed by atoms with Crippen LogP contribution < -0.4 is 0 Å². The SMILES string of the molecule is [CH2]C=CCCl. The van der Waals surface area contributed by atoms with Crippen molar-refractivity contribution in [3.05, 3.63) is 19.1 Å². The van der Waals surface area contributed by atoms with Gasteiger partial charge in [-0.25, -0.2) is 0 Å². The van der Waals surface area contributed by atoms with E-state index >= 15 is 0 Å². The van der Waals surface area contributed by atoms with E-state index in [0.29, 0.717) is 5.88 Å². The monoisotopic (exact) mass is 89.0 g/mol. The molecular formula is C4H6Cl. The molecule has 1 radical (unpaired) electrons. The van der Waals surface area contributed by atoms with Gasteiger partial charge in [-0.3, -0.25) is 0 Å². The van der Waals surface area contributed by atoms with Crippen LogP contribution in [0.15, 0.2) is 12.2 Å². The largest absolute Gasteiger partial charge is 0.122 e. The summed E-state index contributed by atoms with van der Waals surface area (Å²) in [5, 5.41) is 0. The summed E-state index contributed by atoms with van der Waals surface area (Å²) >= 11 is 5.17. The highest BCUT2D eigenvalue weighted by Gasteiger charge is 1.54. The summed E-state index contributed by atoms with van der Waals surface area (Å²) in [6.45, 7) is 3.41. The van der Waals surface area contributed by atoms with Crippen LogP contribution in [-0.4, -0.2) is 5.88 Å². The van der Waals surface area contributed by atoms with Crippen LogP contribution in [0.3, 0.4) is 0 Å². The second-order valence-corrected chi connectivity index (χ2v) is 0.934. The Morgan fingerprint density at radius 1 is 1.80 bits per heavy atom. The van der Waals surface area contributed by atoms with Crippen molar-refractivity contribution in [2.24, 2.45) is 0 Å². The van der Waals surface area contributed by atoms with Crippen molar-refractivity contribution in [2.75, 3.05) is 5.88 Å². The first-order valence-corrected chi connectivity index (χ1v) is 1.95. The number of hydrogen-bond acceptors (Lipinski definition) is 0. The van der Waals surface area contributed by atoms with E-state index in [1.165, 1.54) is 0 Å². The van der Waals surface area contributed by atoms with Gasteiger partial charge in [-0.05, 0) is 6.92 Å². The molecule has 0 heterocycles. The van der Waals surface area contributed by atoms with Crippen LogP contribution in [0.4, 0.5) is 0 Å². The van der Waals surface area contributed by atoms with Crippen LogP contribution in [0.1, 0.15) is 0 Å². The van der Waals surface area contributed by atoms with E-state index in [0.717, 1.165) is 0 Å². The maximum Gasteiger partial charge on any atom is 0.0404 e. The molecule has 1 heteroatoms. The van der Waals surface area contributed by atoms with Gasteiger partial charge >= 0.3 is 0 Å². The average Bonchev–Trinajstić information content (AvgIpc) is 1.41. The third-order valence-corrected chi connectivity index (χ3v) is 0.434. The third-order valence-electron chi connectivity index (χ3n) is 0.256. The molecule has 0 spiro atoms. The summed E-state index contributed by atoms with van der Waals surface area (Å²) in [7, 11) is 0. The Morgan fingerprint density at radius 2 is 2.40 bits per heavy atom. The second kappa shape index (κ2) is 4.03. The predicted molar refractivity (Wildman–Crippen MR) is 25.2 cm³/mol. The molecule has 0 aromatic carbocycles. The average molecular weight is 89.5 g/mol. The van der Waals surface area contributed by atoms with Gasteiger partial charge in [-0.1, -0.05) is 12.2 Å². The molecule has 0 aliphatic heterocycles. The fourth-order valence-electron chi connectivity index (χ4n) is 0.0630. The van der Waals surface area contributed by atoms with Gasteiger partial charge in [0, 0.05) is 5.88 Å². The van der Waals surface area contributed by atoms with E-state index in [-0.39, 0.29) is 0 Å². The maximum atomic E-state index is 5.17. The summed E-state index contributed by atoms with van der Waals surface area (Å²) in [6, 6.07) is 0. The Hall–Kier alpha value is 0.0300. The summed E-state index contributed by atoms with van der Waals surface area (Å²) in [5.41, 5.74) is 0. The van der Waals surface area contributed by atoms with E-state index < -0.39 is 0 Å². The zero-order chi connectivity index (χ0) is 4.12. The van der Waals surface area contributed by atoms with Gasteiger partial charge in [-0.15, -0.1) is 11.6 Å². The lowest BCUT2D eigenvalue weighted by atomic mass is 10.6. The Bertz CT molecular complexity index is 30.6. The number of allylic oxidation sites excluding steroid dienone is 2. The number of alkyl halides is 1. The van der Waals surface area contributed by atoms with Gasteiger partial charge in [0.05, 0.1) is 0 Å². The van der Waals surface area contributed by atoms with Crippen LogP contribution in [0.5, 0.6) is 0 Å². The fraction of sp³-hybridized carbons (Fsp3) is 0.250. The van der Waals surface area contributed by atoms with Gasteiger partial charge in [-0.2, -0.15) is 0 Å². The Morgan fingerprint density at radius 3 is 2.40 bits per heavy atom. The van der Waals surface area contributed by atoms with Gasteiger partial charge in [0.15, 0.2) is 0 Å². The number of hydrogen-bond donors (Lipinski definition) is 0. The lowest BCUT2D eigenvalue weighted by molar-refractivity contribution is 1.75. The molecule has 0 fully saturated rings. The van der Waals surface area contributed by atoms with Crippen LogP contribution in [-0.2, 0) is 0 Å². The van der Waals surface area contributed by atoms with Crippen LogP contribution >= 0.6 is 11.6 Å². The Labute approximate surface area is 37.4 Å². The smallest absolute Gasteiger partial charge is 0.0404 e. The maximum absolute atomic E-state index is 5.17. The molecule has 0 N–H and O–H groups in total. The summed E-state index contributed by atoms with van der Waals surface area (Å²) in [6.07, 6.45) is 3.45. The molecule has 0 unspecified atom stereocenters. The van der Waals surface area contributed by atoms with E-state index in [2.05, 4.69) is 6.92 Å². The van der Waals surface area contributed by atoms with Gasteiger partial charge < -0.3 is 0 Å². The van der Waals surface area contributed by atoms with E-state index in [1.807, 2.05) is 0 Å². The zero-order valence-electron chi connectivity index (χ0n) is 2.95. The second-order valence-electron chi connectivity index (χ2n) is 0.626. The minimum absolute atomic E-state index is 0.573. The zero-order valence-corrected chi connectivity index (χ0v) is 3.70. The minimum Gasteiger partial charge on any atom is -0.122 e. The standard InChI is InChI=1S/C4H6Cl/c1-2-3-4-5/h2-3H,1,4H2. The van der Waals surface area contributed by atoms with E-state index in [4.69, 9.17) is 11.6 Å². The summed E-state index contributed by atoms with van der Waals surface area (Å²) < 4.78 is 0. The van der Waals surface area contributed by atoms with Crippen molar-refractivity contribution in [1.29, 1.82) is 0 Å². The highest BCUT2D eigenvalue weighted by atomic mass is 35.5. The molecule has 0 saturated heterocycles. The summed E-state index contributed by atoms with van der Waals surface area (Å²) in [5.74, 6) is 0.573. The van der Waals surface area contributed by atoms with Crippen molar-refractivity contribution >= 4 is 11.6 Å². The lowest BCUT2D eigenvalue weighted by Gasteiger charge is -1.62. The Kier molecular flexibility index (Phi) is 4.05. The van der Waals surface area contributed by atoms with E-state index in [9.17, 15) is 0 Å². The number of rotatable bonds is 1. The first-order chi connectivity index (χ1) is 2.41. The van der Waals surface area contributed by atoms with Gasteiger partial charge in [0.25, 0.3) is 0 Å². The van der Waals surface area contributed by atoms with Gasteiger partial charge in [0.1, 0.15) is 0 Å². The van der Waals surface area contributed by atoms with Gasteiger partial charge in [0.2, 0.25) is 0 Å². The molecule has 0 bridgehead atoms. The minimum atomic E-state index is 0.573. The van der Waals surface area contributed by atoms with Crippen molar-refractivity contribution in [2.45, 2.75) is 0 Å². The molecule has 0 amide bonds. The molecule has 0 aliphatic rings. The topological polar surface area (TPSA) is 0 Å². The van der Waals surface area contributed by atoms with Crippen molar-refractivity contribution in [1.82, 2.24) is 0 Å². The fourth-order valence-corrected chi connectivity index (χ4v) is 0.189. The molecule has 0 aromatic rings. The third kappa shape index (κ3) is 4.03. The molecule has 0 nitrogen and oxygen atoms in total. The molecule has 0 saturated carbocycles. The molecule has 29 valence electrons. The Balaban J connectivity index is 2.62.